The summed E-state index contributed by atoms with van der Waals surface area (Å²) in [4.78, 5) is 16.2. The Hall–Kier alpha value is -2.03. The van der Waals surface area contributed by atoms with Crippen LogP contribution >= 0.6 is 0 Å². The van der Waals surface area contributed by atoms with Gasteiger partial charge in [-0.2, -0.15) is 0 Å². The zero-order valence-corrected chi connectivity index (χ0v) is 9.23. The summed E-state index contributed by atoms with van der Waals surface area (Å²) in [6.07, 6.45) is 1.32. The van der Waals surface area contributed by atoms with E-state index >= 15 is 0 Å². The van der Waals surface area contributed by atoms with Crippen LogP contribution in [0.15, 0.2) is 43.0 Å². The van der Waals surface area contributed by atoms with E-state index in [1.807, 2.05) is 24.3 Å². The molecule has 0 aliphatic heterocycles. The molecule has 2 rings (SSSR count). The molecule has 1 aromatic carbocycles. The second-order valence-electron chi connectivity index (χ2n) is 3.78. The molecule has 0 atom stereocenters. The Balaban J connectivity index is 2.21. The average molecular weight is 214 g/mol. The molecule has 1 heterocycles. The second-order valence-corrected chi connectivity index (χ2v) is 3.78. The van der Waals surface area contributed by atoms with Gasteiger partial charge in [-0.15, -0.1) is 0 Å². The summed E-state index contributed by atoms with van der Waals surface area (Å²) in [5, 5.41) is 1.16. The van der Waals surface area contributed by atoms with Crippen LogP contribution in [0.1, 0.15) is 5.69 Å². The standard InChI is InChI=1S/C13H14N2O/c1-3-13(16)15(2)9-11-8-10-6-4-5-7-12(10)14-11/h3-8,14H,1,9H2,2H3. The van der Waals surface area contributed by atoms with E-state index in [9.17, 15) is 4.79 Å². The largest absolute Gasteiger partial charge is 0.357 e. The van der Waals surface area contributed by atoms with Gasteiger partial charge in [-0.05, 0) is 23.6 Å². The molecule has 82 valence electrons. The predicted octanol–water partition coefficient (Wildman–Crippen LogP) is 2.31. The predicted molar refractivity (Wildman–Crippen MR) is 65.0 cm³/mol. The average Bonchev–Trinajstić information content (AvgIpc) is 2.69. The van der Waals surface area contributed by atoms with Gasteiger partial charge in [0.2, 0.25) is 5.91 Å². The highest BCUT2D eigenvalue weighted by molar-refractivity contribution is 5.87. The third kappa shape index (κ3) is 1.98. The summed E-state index contributed by atoms with van der Waals surface area (Å²) in [7, 11) is 1.76. The van der Waals surface area contributed by atoms with Crippen LogP contribution in [0, 0.1) is 0 Å². The summed E-state index contributed by atoms with van der Waals surface area (Å²) in [5.41, 5.74) is 2.12. The molecule has 0 aliphatic rings. The van der Waals surface area contributed by atoms with Crippen molar-refractivity contribution in [1.82, 2.24) is 9.88 Å². The van der Waals surface area contributed by atoms with E-state index in [2.05, 4.69) is 17.6 Å². The Morgan fingerprint density at radius 2 is 2.25 bits per heavy atom. The van der Waals surface area contributed by atoms with Gasteiger partial charge in [-0.1, -0.05) is 24.8 Å². The van der Waals surface area contributed by atoms with Gasteiger partial charge in [0.25, 0.3) is 0 Å². The van der Waals surface area contributed by atoms with E-state index < -0.39 is 0 Å². The third-order valence-electron chi connectivity index (χ3n) is 2.54. The van der Waals surface area contributed by atoms with E-state index in [1.54, 1.807) is 11.9 Å². The number of amides is 1. The van der Waals surface area contributed by atoms with Gasteiger partial charge < -0.3 is 9.88 Å². The van der Waals surface area contributed by atoms with Gasteiger partial charge in [-0.3, -0.25) is 4.79 Å². The van der Waals surface area contributed by atoms with Gasteiger partial charge >= 0.3 is 0 Å². The first kappa shape index (κ1) is 10.5. The molecule has 0 spiro atoms. The van der Waals surface area contributed by atoms with Crippen LogP contribution in [0.4, 0.5) is 0 Å². The number of carbonyl (C=O) groups is 1. The molecule has 0 saturated carbocycles. The highest BCUT2D eigenvalue weighted by atomic mass is 16.2. The summed E-state index contributed by atoms with van der Waals surface area (Å²) in [6.45, 7) is 4.03. The van der Waals surface area contributed by atoms with E-state index in [-0.39, 0.29) is 5.91 Å². The highest BCUT2D eigenvalue weighted by Gasteiger charge is 2.06. The van der Waals surface area contributed by atoms with Crippen molar-refractivity contribution in [3.8, 4) is 0 Å². The molecule has 3 heteroatoms. The number of carbonyl (C=O) groups excluding carboxylic acids is 1. The number of hydrogen-bond donors (Lipinski definition) is 1. The fourth-order valence-corrected chi connectivity index (χ4v) is 1.71. The number of benzene rings is 1. The van der Waals surface area contributed by atoms with Crippen LogP contribution in [-0.2, 0) is 11.3 Å². The molecule has 0 unspecified atom stereocenters. The number of nitrogens with zero attached hydrogens (tertiary/aromatic N) is 1. The van der Waals surface area contributed by atoms with E-state index in [1.165, 1.54) is 6.08 Å². The molecule has 2 aromatic rings. The Morgan fingerprint density at radius 1 is 1.50 bits per heavy atom. The number of nitrogens with one attached hydrogen (secondary N) is 1. The normalized spacial score (nSPS) is 10.3. The second kappa shape index (κ2) is 4.23. The maximum Gasteiger partial charge on any atom is 0.246 e. The molecule has 3 nitrogen and oxygen atoms in total. The Morgan fingerprint density at radius 3 is 2.94 bits per heavy atom. The zero-order valence-electron chi connectivity index (χ0n) is 9.23. The Labute approximate surface area is 94.4 Å². The first-order chi connectivity index (χ1) is 7.70. The van der Waals surface area contributed by atoms with Gasteiger partial charge in [-0.25, -0.2) is 0 Å². The summed E-state index contributed by atoms with van der Waals surface area (Å²) in [6, 6.07) is 10.1. The molecule has 0 fully saturated rings. The quantitative estimate of drug-likeness (QED) is 0.782. The topological polar surface area (TPSA) is 36.1 Å². The molecule has 0 bridgehead atoms. The minimum absolute atomic E-state index is 0.0707. The van der Waals surface area contributed by atoms with Crippen LogP contribution in [0.5, 0.6) is 0 Å². The van der Waals surface area contributed by atoms with Crippen molar-refractivity contribution in [2.75, 3.05) is 7.05 Å². The van der Waals surface area contributed by atoms with Gasteiger partial charge in [0.15, 0.2) is 0 Å². The lowest BCUT2D eigenvalue weighted by Gasteiger charge is -2.13. The molecule has 16 heavy (non-hydrogen) atoms. The molecule has 0 saturated heterocycles. The number of fused-ring (bicyclic) bond motifs is 1. The number of rotatable bonds is 3. The summed E-state index contributed by atoms with van der Waals surface area (Å²) < 4.78 is 0. The Kier molecular flexibility index (Phi) is 2.77. The van der Waals surface area contributed by atoms with E-state index in [0.717, 1.165) is 16.6 Å². The van der Waals surface area contributed by atoms with Crippen LogP contribution < -0.4 is 0 Å². The molecule has 0 aliphatic carbocycles. The van der Waals surface area contributed by atoms with Crippen LogP contribution in [0.25, 0.3) is 10.9 Å². The summed E-state index contributed by atoms with van der Waals surface area (Å²) in [5.74, 6) is -0.0707. The maximum absolute atomic E-state index is 11.3. The highest BCUT2D eigenvalue weighted by Crippen LogP contribution is 2.15. The van der Waals surface area contributed by atoms with Crippen molar-refractivity contribution in [3.63, 3.8) is 0 Å². The zero-order chi connectivity index (χ0) is 11.5. The molecule has 1 aromatic heterocycles. The van der Waals surface area contributed by atoms with E-state index in [0.29, 0.717) is 6.54 Å². The smallest absolute Gasteiger partial charge is 0.246 e. The van der Waals surface area contributed by atoms with Gasteiger partial charge in [0, 0.05) is 18.3 Å². The molecule has 0 radical (unpaired) electrons. The van der Waals surface area contributed by atoms with E-state index in [4.69, 9.17) is 0 Å². The number of likely N-dealkylation sites (N-methyl/N-ethyl adjacent to an activating group) is 1. The lowest BCUT2D eigenvalue weighted by atomic mass is 10.2. The number of H-pyrrole nitrogens is 1. The Bertz CT molecular complexity index is 494. The molecular formula is C13H14N2O. The molecule has 1 amide bonds. The fraction of sp³-hybridized carbons (Fsp3) is 0.154. The van der Waals surface area contributed by atoms with Gasteiger partial charge in [0.05, 0.1) is 6.54 Å². The van der Waals surface area contributed by atoms with Crippen molar-refractivity contribution in [1.29, 1.82) is 0 Å². The molecular weight excluding hydrogens is 200 g/mol. The fourth-order valence-electron chi connectivity index (χ4n) is 1.71. The lowest BCUT2D eigenvalue weighted by Crippen LogP contribution is -2.23. The molecule has 1 N–H and O–H groups in total. The number of para-hydroxylation sites is 1. The van der Waals surface area contributed by atoms with Crippen LogP contribution in [0.2, 0.25) is 0 Å². The van der Waals surface area contributed by atoms with Crippen LogP contribution in [-0.4, -0.2) is 22.8 Å². The van der Waals surface area contributed by atoms with Crippen molar-refractivity contribution in [3.05, 3.63) is 48.7 Å². The number of aromatic nitrogens is 1. The number of hydrogen-bond acceptors (Lipinski definition) is 1. The van der Waals surface area contributed by atoms with Crippen molar-refractivity contribution in [2.24, 2.45) is 0 Å². The van der Waals surface area contributed by atoms with Crippen molar-refractivity contribution >= 4 is 16.8 Å². The number of aromatic amines is 1. The minimum Gasteiger partial charge on any atom is -0.357 e. The van der Waals surface area contributed by atoms with Crippen molar-refractivity contribution < 1.29 is 4.79 Å². The minimum atomic E-state index is -0.0707. The van der Waals surface area contributed by atoms with Crippen molar-refractivity contribution in [2.45, 2.75) is 6.54 Å². The summed E-state index contributed by atoms with van der Waals surface area (Å²) >= 11 is 0. The maximum atomic E-state index is 11.3. The monoisotopic (exact) mass is 214 g/mol. The SMILES string of the molecule is C=CC(=O)N(C)Cc1cc2ccccc2[nH]1. The first-order valence-electron chi connectivity index (χ1n) is 5.15. The first-order valence-corrected chi connectivity index (χ1v) is 5.15. The third-order valence-corrected chi connectivity index (χ3v) is 2.54. The lowest BCUT2D eigenvalue weighted by molar-refractivity contribution is -0.125. The van der Waals surface area contributed by atoms with Gasteiger partial charge in [0.1, 0.15) is 0 Å². The van der Waals surface area contributed by atoms with Crippen LogP contribution in [0.3, 0.4) is 0 Å².